The molecule has 6 nitrogen and oxygen atoms in total. The number of rotatable bonds is 3. The van der Waals surface area contributed by atoms with Crippen LogP contribution in [0.3, 0.4) is 0 Å². The van der Waals surface area contributed by atoms with Gasteiger partial charge in [0.05, 0.1) is 11.2 Å². The van der Waals surface area contributed by atoms with E-state index in [0.717, 1.165) is 17.5 Å². The summed E-state index contributed by atoms with van der Waals surface area (Å²) in [4.78, 5) is 27.0. The van der Waals surface area contributed by atoms with Crippen molar-refractivity contribution in [3.05, 3.63) is 60.3 Å². The van der Waals surface area contributed by atoms with Crippen molar-refractivity contribution in [1.29, 1.82) is 0 Å². The van der Waals surface area contributed by atoms with Crippen LogP contribution in [0.1, 0.15) is 50.7 Å². The standard InChI is InChI=1S/C24H26FN3O.C2HF3O2/c1-23(2)16-11-12-24(3,14-16)22(23)27-21(29)20-26-19(15-7-9-17(25)10-8-15)18-6-4-5-13-28(18)20;3-2(4,5)1(6)7/h4-10,13,16,22H,11-12,14H2,1-3H3,(H,27,29);(H,6,7)/t16-,22+,24+;/m1./s1. The first kappa shape index (κ1) is 25.7. The maximum atomic E-state index is 13.4. The second-order valence-corrected chi connectivity index (χ2v) is 10.4. The van der Waals surface area contributed by atoms with Crippen LogP contribution in [0.2, 0.25) is 0 Å². The van der Waals surface area contributed by atoms with E-state index in [-0.39, 0.29) is 28.6 Å². The highest BCUT2D eigenvalue weighted by Gasteiger charge is 2.59. The van der Waals surface area contributed by atoms with Gasteiger partial charge in [-0.2, -0.15) is 13.2 Å². The third-order valence-corrected chi connectivity index (χ3v) is 7.66. The van der Waals surface area contributed by atoms with Gasteiger partial charge in [-0.05, 0) is 72.4 Å². The number of carbonyl (C=O) groups excluding carboxylic acids is 1. The SMILES string of the molecule is CC1(C)[C@@H]2CC[C@@](C)(C2)[C@H]1NC(=O)c1nc(-c2ccc(F)cc2)c2ccccn12.O=C(O)C(F)(F)F. The zero-order valence-corrected chi connectivity index (χ0v) is 20.1. The Morgan fingerprint density at radius 2 is 1.75 bits per heavy atom. The van der Waals surface area contributed by atoms with Gasteiger partial charge in [0, 0.05) is 17.8 Å². The Morgan fingerprint density at radius 3 is 2.31 bits per heavy atom. The minimum atomic E-state index is -5.08. The molecule has 2 fully saturated rings. The number of fused-ring (bicyclic) bond motifs is 3. The second kappa shape index (κ2) is 8.90. The van der Waals surface area contributed by atoms with E-state index in [1.807, 2.05) is 28.8 Å². The summed E-state index contributed by atoms with van der Waals surface area (Å²) < 4.78 is 46.9. The first-order valence-electron chi connectivity index (χ1n) is 11.6. The predicted octanol–water partition coefficient (Wildman–Crippen LogP) is 5.72. The molecule has 2 aliphatic carbocycles. The first-order chi connectivity index (χ1) is 16.7. The molecule has 2 aliphatic rings. The van der Waals surface area contributed by atoms with Crippen molar-refractivity contribution in [2.24, 2.45) is 16.7 Å². The van der Waals surface area contributed by atoms with Crippen LogP contribution in [-0.2, 0) is 4.79 Å². The van der Waals surface area contributed by atoms with Crippen molar-refractivity contribution in [3.63, 3.8) is 0 Å². The average molecular weight is 506 g/mol. The number of aliphatic carboxylic acids is 1. The second-order valence-electron chi connectivity index (χ2n) is 10.4. The van der Waals surface area contributed by atoms with E-state index in [1.165, 1.54) is 25.0 Å². The zero-order valence-electron chi connectivity index (χ0n) is 20.1. The Hall–Kier alpha value is -3.43. The Morgan fingerprint density at radius 1 is 1.11 bits per heavy atom. The van der Waals surface area contributed by atoms with Gasteiger partial charge in [-0.15, -0.1) is 0 Å². The van der Waals surface area contributed by atoms with Gasteiger partial charge >= 0.3 is 12.1 Å². The van der Waals surface area contributed by atoms with Gasteiger partial charge in [-0.3, -0.25) is 9.20 Å². The van der Waals surface area contributed by atoms with Crippen molar-refractivity contribution >= 4 is 17.4 Å². The topological polar surface area (TPSA) is 83.7 Å². The lowest BCUT2D eigenvalue weighted by Crippen LogP contribution is -2.52. The molecule has 0 spiro atoms. The summed E-state index contributed by atoms with van der Waals surface area (Å²) >= 11 is 0. The molecular formula is C26H27F4N3O3. The van der Waals surface area contributed by atoms with Gasteiger partial charge < -0.3 is 10.4 Å². The zero-order chi connectivity index (χ0) is 26.5. The number of carboxylic acids is 1. The number of hydrogen-bond donors (Lipinski definition) is 2. The van der Waals surface area contributed by atoms with Crippen molar-refractivity contribution in [3.8, 4) is 11.3 Å². The van der Waals surface area contributed by atoms with E-state index < -0.39 is 12.1 Å². The normalized spacial score (nSPS) is 24.3. The molecule has 5 rings (SSSR count). The van der Waals surface area contributed by atoms with Gasteiger partial charge in [0.2, 0.25) is 5.82 Å². The quantitative estimate of drug-likeness (QED) is 0.446. The number of nitrogens with zero attached hydrogens (tertiary/aromatic N) is 2. The van der Waals surface area contributed by atoms with E-state index >= 15 is 0 Å². The van der Waals surface area contributed by atoms with Crippen LogP contribution in [0.25, 0.3) is 16.8 Å². The number of carbonyl (C=O) groups is 2. The number of imidazole rings is 1. The van der Waals surface area contributed by atoms with Crippen molar-refractivity contribution < 1.29 is 32.3 Å². The molecule has 3 aromatic rings. The Bertz CT molecular complexity index is 1300. The highest BCUT2D eigenvalue weighted by molar-refractivity contribution is 5.95. The lowest BCUT2D eigenvalue weighted by atomic mass is 9.68. The summed E-state index contributed by atoms with van der Waals surface area (Å²) in [6.45, 7) is 6.86. The van der Waals surface area contributed by atoms with Gasteiger partial charge in [0.1, 0.15) is 5.82 Å². The average Bonchev–Trinajstić information content (AvgIpc) is 3.44. The number of pyridine rings is 1. The first-order valence-corrected chi connectivity index (χ1v) is 11.6. The van der Waals surface area contributed by atoms with Gasteiger partial charge in [-0.25, -0.2) is 14.2 Å². The predicted molar refractivity (Wildman–Crippen MR) is 125 cm³/mol. The number of carboxylic acid groups (broad SMARTS) is 1. The molecule has 2 heterocycles. The molecule has 2 bridgehead atoms. The van der Waals surface area contributed by atoms with Gasteiger partial charge in [0.25, 0.3) is 5.91 Å². The maximum absolute atomic E-state index is 13.4. The van der Waals surface area contributed by atoms with Gasteiger partial charge in [0.15, 0.2) is 0 Å². The summed E-state index contributed by atoms with van der Waals surface area (Å²) in [6, 6.07) is 12.1. The van der Waals surface area contributed by atoms with E-state index in [9.17, 15) is 22.4 Å². The van der Waals surface area contributed by atoms with Crippen LogP contribution in [-0.4, -0.2) is 38.6 Å². The Labute approximate surface area is 205 Å². The van der Waals surface area contributed by atoms with Crippen molar-refractivity contribution in [2.45, 2.75) is 52.3 Å². The number of alkyl halides is 3. The molecule has 0 radical (unpaired) electrons. The molecular weight excluding hydrogens is 478 g/mol. The molecule has 192 valence electrons. The number of amides is 1. The fraction of sp³-hybridized carbons (Fsp3) is 0.423. The molecule has 2 aromatic heterocycles. The lowest BCUT2D eigenvalue weighted by Gasteiger charge is -2.42. The molecule has 36 heavy (non-hydrogen) atoms. The molecule has 2 N–H and O–H groups in total. The van der Waals surface area contributed by atoms with Crippen LogP contribution in [0, 0.1) is 22.6 Å². The van der Waals surface area contributed by atoms with Crippen molar-refractivity contribution in [1.82, 2.24) is 14.7 Å². The highest BCUT2D eigenvalue weighted by atomic mass is 19.4. The molecule has 3 atom stereocenters. The minimum Gasteiger partial charge on any atom is -0.475 e. The fourth-order valence-corrected chi connectivity index (χ4v) is 5.88. The number of benzene rings is 1. The van der Waals surface area contributed by atoms with Crippen LogP contribution in [0.15, 0.2) is 48.7 Å². The lowest BCUT2D eigenvalue weighted by molar-refractivity contribution is -0.192. The van der Waals surface area contributed by atoms with Crippen LogP contribution < -0.4 is 5.32 Å². The van der Waals surface area contributed by atoms with Crippen molar-refractivity contribution in [2.75, 3.05) is 0 Å². The third kappa shape index (κ3) is 4.56. The van der Waals surface area contributed by atoms with Gasteiger partial charge in [-0.1, -0.05) is 26.8 Å². The molecule has 0 saturated heterocycles. The summed E-state index contributed by atoms with van der Waals surface area (Å²) in [7, 11) is 0. The number of nitrogens with one attached hydrogen (secondary N) is 1. The Balaban J connectivity index is 0.000000384. The smallest absolute Gasteiger partial charge is 0.475 e. The van der Waals surface area contributed by atoms with Crippen LogP contribution in [0.4, 0.5) is 17.6 Å². The van der Waals surface area contributed by atoms with E-state index in [4.69, 9.17) is 14.9 Å². The van der Waals surface area contributed by atoms with Crippen LogP contribution >= 0.6 is 0 Å². The molecule has 2 saturated carbocycles. The van der Waals surface area contributed by atoms with Crippen LogP contribution in [0.5, 0.6) is 0 Å². The third-order valence-electron chi connectivity index (χ3n) is 7.66. The summed E-state index contributed by atoms with van der Waals surface area (Å²) in [5.41, 5.74) is 2.55. The monoisotopic (exact) mass is 505 g/mol. The molecule has 10 heteroatoms. The molecule has 1 amide bonds. The van der Waals surface area contributed by atoms with E-state index in [0.29, 0.717) is 17.4 Å². The largest absolute Gasteiger partial charge is 0.490 e. The molecule has 1 aromatic carbocycles. The van der Waals surface area contributed by atoms with E-state index in [2.05, 4.69) is 26.1 Å². The minimum absolute atomic E-state index is 0.0789. The summed E-state index contributed by atoms with van der Waals surface area (Å²) in [5.74, 6) is -2.16. The fourth-order valence-electron chi connectivity index (χ4n) is 5.88. The maximum Gasteiger partial charge on any atom is 0.490 e. The number of halogens is 4. The highest BCUT2D eigenvalue weighted by Crippen LogP contribution is 2.62. The number of hydrogen-bond acceptors (Lipinski definition) is 3. The summed E-state index contributed by atoms with van der Waals surface area (Å²) in [5, 5.41) is 10.5. The van der Waals surface area contributed by atoms with E-state index in [1.54, 1.807) is 12.1 Å². The summed E-state index contributed by atoms with van der Waals surface area (Å²) in [6.07, 6.45) is 0.359. The molecule has 0 unspecified atom stereocenters. The Kier molecular flexibility index (Phi) is 6.34. The molecule has 0 aliphatic heterocycles. The number of aromatic nitrogens is 2.